The maximum atomic E-state index is 11.7. The van der Waals surface area contributed by atoms with E-state index in [4.69, 9.17) is 10.8 Å². The molecule has 0 aliphatic carbocycles. The topological polar surface area (TPSA) is 105 Å². The number of nitrogens with one attached hydrogen (secondary N) is 1. The van der Waals surface area contributed by atoms with E-state index in [0.717, 1.165) is 0 Å². The third-order valence-corrected chi connectivity index (χ3v) is 3.54. The lowest BCUT2D eigenvalue weighted by Gasteiger charge is -2.09. The molecule has 1 aromatic rings. The van der Waals surface area contributed by atoms with Gasteiger partial charge < -0.3 is 16.2 Å². The van der Waals surface area contributed by atoms with Gasteiger partial charge >= 0.3 is 5.97 Å². The Morgan fingerprint density at radius 2 is 2.28 bits per heavy atom. The van der Waals surface area contributed by atoms with Gasteiger partial charge in [0.1, 0.15) is 10.7 Å². The number of carbonyl (C=O) groups excluding carboxylic acids is 1. The van der Waals surface area contributed by atoms with Gasteiger partial charge in [-0.3, -0.25) is 9.59 Å². The van der Waals surface area contributed by atoms with Gasteiger partial charge in [0.2, 0.25) is 0 Å². The summed E-state index contributed by atoms with van der Waals surface area (Å²) in [6.45, 7) is 3.66. The Balaban J connectivity index is 2.57. The molecule has 2 atom stereocenters. The molecule has 1 heterocycles. The number of hydrogen-bond donors (Lipinski definition) is 3. The molecule has 2 unspecified atom stereocenters. The maximum Gasteiger partial charge on any atom is 0.308 e. The van der Waals surface area contributed by atoms with Crippen molar-refractivity contribution in [3.63, 3.8) is 0 Å². The molecule has 18 heavy (non-hydrogen) atoms. The number of carboxylic acids is 1. The molecular formula is C11H17N3O3S. The second-order valence-corrected chi connectivity index (χ2v) is 4.90. The van der Waals surface area contributed by atoms with Crippen molar-refractivity contribution in [1.82, 2.24) is 10.3 Å². The maximum absolute atomic E-state index is 11.7. The van der Waals surface area contributed by atoms with Gasteiger partial charge in [-0.1, -0.05) is 6.92 Å². The Bertz CT molecular complexity index is 431. The number of nitrogens with two attached hydrogens (primary N) is 1. The standard InChI is InChI=1S/C11H17N3O3S/c1-3-7(11(16)17)4-13-9(15)8-5-18-10(14-8)6(2)12/h5-7H,3-4,12H2,1-2H3,(H,13,15)(H,16,17). The molecule has 0 aliphatic rings. The zero-order chi connectivity index (χ0) is 13.7. The molecule has 1 aromatic heterocycles. The molecule has 4 N–H and O–H groups in total. The van der Waals surface area contributed by atoms with E-state index in [-0.39, 0.29) is 24.2 Å². The highest BCUT2D eigenvalue weighted by atomic mass is 32.1. The summed E-state index contributed by atoms with van der Waals surface area (Å²) in [6.07, 6.45) is 0.470. The molecule has 0 saturated carbocycles. The Morgan fingerprint density at radius 1 is 1.61 bits per heavy atom. The molecule has 1 amide bonds. The number of carbonyl (C=O) groups is 2. The third kappa shape index (κ3) is 3.78. The molecule has 7 heteroatoms. The zero-order valence-corrected chi connectivity index (χ0v) is 11.2. The van der Waals surface area contributed by atoms with Crippen LogP contribution in [-0.4, -0.2) is 28.5 Å². The lowest BCUT2D eigenvalue weighted by atomic mass is 10.1. The minimum atomic E-state index is -0.910. The molecule has 0 bridgehead atoms. The van der Waals surface area contributed by atoms with Gasteiger partial charge in [-0.05, 0) is 13.3 Å². The van der Waals surface area contributed by atoms with Crippen molar-refractivity contribution in [3.05, 3.63) is 16.1 Å². The number of rotatable bonds is 6. The predicted molar refractivity (Wildman–Crippen MR) is 68.5 cm³/mol. The smallest absolute Gasteiger partial charge is 0.308 e. The van der Waals surface area contributed by atoms with Crippen LogP contribution in [0, 0.1) is 5.92 Å². The molecule has 100 valence electrons. The van der Waals surface area contributed by atoms with Crippen LogP contribution in [0.5, 0.6) is 0 Å². The summed E-state index contributed by atoms with van der Waals surface area (Å²) in [5.74, 6) is -1.84. The van der Waals surface area contributed by atoms with Crippen LogP contribution >= 0.6 is 11.3 Å². The summed E-state index contributed by atoms with van der Waals surface area (Å²) in [5.41, 5.74) is 5.93. The number of hydrogen-bond acceptors (Lipinski definition) is 5. The van der Waals surface area contributed by atoms with Crippen LogP contribution < -0.4 is 11.1 Å². The number of aromatic nitrogens is 1. The van der Waals surface area contributed by atoms with Crippen LogP contribution in [0.2, 0.25) is 0 Å². The molecule has 6 nitrogen and oxygen atoms in total. The lowest BCUT2D eigenvalue weighted by Crippen LogP contribution is -2.32. The molecule has 0 saturated heterocycles. The second kappa shape index (κ2) is 6.46. The predicted octanol–water partition coefficient (Wildman–Crippen LogP) is 1.00. The molecule has 1 rings (SSSR count). The van der Waals surface area contributed by atoms with Gasteiger partial charge in [-0.2, -0.15) is 0 Å². The highest BCUT2D eigenvalue weighted by Gasteiger charge is 2.18. The van der Waals surface area contributed by atoms with Crippen LogP contribution in [-0.2, 0) is 4.79 Å². The van der Waals surface area contributed by atoms with Crippen molar-refractivity contribution in [1.29, 1.82) is 0 Å². The van der Waals surface area contributed by atoms with Gasteiger partial charge in [-0.15, -0.1) is 11.3 Å². The molecule has 0 fully saturated rings. The van der Waals surface area contributed by atoms with Crippen LogP contribution in [0.15, 0.2) is 5.38 Å². The quantitative estimate of drug-likeness (QED) is 0.716. The van der Waals surface area contributed by atoms with E-state index >= 15 is 0 Å². The minimum absolute atomic E-state index is 0.107. The largest absolute Gasteiger partial charge is 0.481 e. The van der Waals surface area contributed by atoms with Gasteiger partial charge in [0.05, 0.1) is 12.0 Å². The summed E-state index contributed by atoms with van der Waals surface area (Å²) >= 11 is 1.32. The normalized spacial score (nSPS) is 13.9. The summed E-state index contributed by atoms with van der Waals surface area (Å²) < 4.78 is 0. The van der Waals surface area contributed by atoms with Crippen LogP contribution in [0.1, 0.15) is 41.8 Å². The van der Waals surface area contributed by atoms with Crippen LogP contribution in [0.4, 0.5) is 0 Å². The molecule has 0 radical (unpaired) electrons. The fourth-order valence-corrected chi connectivity index (χ4v) is 2.07. The summed E-state index contributed by atoms with van der Waals surface area (Å²) in [5, 5.41) is 13.7. The van der Waals surface area contributed by atoms with E-state index in [1.54, 1.807) is 19.2 Å². The Hall–Kier alpha value is -1.47. The van der Waals surface area contributed by atoms with Crippen molar-refractivity contribution in [2.75, 3.05) is 6.54 Å². The number of amides is 1. The Labute approximate surface area is 109 Å². The third-order valence-electron chi connectivity index (χ3n) is 2.50. The molecule has 0 aromatic carbocycles. The first kappa shape index (κ1) is 14.6. The van der Waals surface area contributed by atoms with E-state index in [1.807, 2.05) is 0 Å². The van der Waals surface area contributed by atoms with E-state index in [2.05, 4.69) is 10.3 Å². The Morgan fingerprint density at radius 3 is 2.72 bits per heavy atom. The summed E-state index contributed by atoms with van der Waals surface area (Å²) in [4.78, 5) is 26.6. The second-order valence-electron chi connectivity index (χ2n) is 4.01. The summed E-state index contributed by atoms with van der Waals surface area (Å²) in [7, 11) is 0. The van der Waals surface area contributed by atoms with Crippen LogP contribution in [0.25, 0.3) is 0 Å². The summed E-state index contributed by atoms with van der Waals surface area (Å²) in [6, 6.07) is -0.209. The highest BCUT2D eigenvalue weighted by Crippen LogP contribution is 2.15. The van der Waals surface area contributed by atoms with Gasteiger partial charge in [0, 0.05) is 11.9 Å². The zero-order valence-electron chi connectivity index (χ0n) is 10.3. The Kier molecular flexibility index (Phi) is 5.24. The monoisotopic (exact) mass is 271 g/mol. The number of nitrogens with zero attached hydrogens (tertiary/aromatic N) is 1. The van der Waals surface area contributed by atoms with Crippen molar-refractivity contribution in [2.45, 2.75) is 26.3 Å². The lowest BCUT2D eigenvalue weighted by molar-refractivity contribution is -0.141. The van der Waals surface area contributed by atoms with E-state index in [1.165, 1.54) is 11.3 Å². The average molecular weight is 271 g/mol. The van der Waals surface area contributed by atoms with Crippen LogP contribution in [0.3, 0.4) is 0 Å². The molecule has 0 spiro atoms. The minimum Gasteiger partial charge on any atom is -0.481 e. The fraction of sp³-hybridized carbons (Fsp3) is 0.545. The first-order valence-electron chi connectivity index (χ1n) is 5.67. The van der Waals surface area contributed by atoms with Crippen molar-refractivity contribution < 1.29 is 14.7 Å². The van der Waals surface area contributed by atoms with Crippen molar-refractivity contribution in [2.24, 2.45) is 11.7 Å². The number of thiazole rings is 1. The first-order valence-corrected chi connectivity index (χ1v) is 6.55. The van der Waals surface area contributed by atoms with E-state index in [9.17, 15) is 9.59 Å². The van der Waals surface area contributed by atoms with Crippen molar-refractivity contribution >= 4 is 23.2 Å². The first-order chi connectivity index (χ1) is 8.45. The van der Waals surface area contributed by atoms with E-state index < -0.39 is 11.9 Å². The van der Waals surface area contributed by atoms with Gasteiger partial charge in [0.25, 0.3) is 5.91 Å². The van der Waals surface area contributed by atoms with Crippen molar-refractivity contribution in [3.8, 4) is 0 Å². The SMILES string of the molecule is CCC(CNC(=O)c1csc(C(C)N)n1)C(=O)O. The molecular weight excluding hydrogens is 254 g/mol. The molecule has 0 aliphatic heterocycles. The van der Waals surface area contributed by atoms with Gasteiger partial charge in [0.15, 0.2) is 0 Å². The average Bonchev–Trinajstić information content (AvgIpc) is 2.78. The van der Waals surface area contributed by atoms with Gasteiger partial charge in [-0.25, -0.2) is 4.98 Å². The number of carboxylic acid groups (broad SMARTS) is 1. The number of aliphatic carboxylic acids is 1. The fourth-order valence-electron chi connectivity index (χ4n) is 1.31. The van der Waals surface area contributed by atoms with E-state index in [0.29, 0.717) is 11.4 Å². The highest BCUT2D eigenvalue weighted by molar-refractivity contribution is 7.09.